The number of anilines is 1. The minimum absolute atomic E-state index is 0.813. The molecule has 1 aromatic heterocycles. The SMILES string of the molecule is CCCCN(CCCC)CCCNc1c2c(nc3cccc(Cl)c13)CCCC2. The highest BCUT2D eigenvalue weighted by molar-refractivity contribution is 6.36. The van der Waals surface area contributed by atoms with E-state index >= 15 is 0 Å². The van der Waals surface area contributed by atoms with Gasteiger partial charge < -0.3 is 10.2 Å². The van der Waals surface area contributed by atoms with E-state index in [1.165, 1.54) is 75.1 Å². The lowest BCUT2D eigenvalue weighted by atomic mass is 9.92. The smallest absolute Gasteiger partial charge is 0.0741 e. The van der Waals surface area contributed by atoms with Crippen LogP contribution in [-0.2, 0) is 12.8 Å². The molecule has 1 heterocycles. The zero-order valence-corrected chi connectivity index (χ0v) is 18.5. The van der Waals surface area contributed by atoms with Gasteiger partial charge in [0.2, 0.25) is 0 Å². The number of aromatic nitrogens is 1. The van der Waals surface area contributed by atoms with Gasteiger partial charge in [-0.3, -0.25) is 4.98 Å². The summed E-state index contributed by atoms with van der Waals surface area (Å²) in [5, 5.41) is 5.70. The molecule has 0 saturated heterocycles. The molecule has 0 fully saturated rings. The number of pyridine rings is 1. The maximum atomic E-state index is 6.59. The van der Waals surface area contributed by atoms with Crippen LogP contribution in [0.4, 0.5) is 5.69 Å². The average molecular weight is 402 g/mol. The van der Waals surface area contributed by atoms with E-state index in [9.17, 15) is 0 Å². The van der Waals surface area contributed by atoms with E-state index < -0.39 is 0 Å². The number of rotatable bonds is 11. The summed E-state index contributed by atoms with van der Waals surface area (Å²) in [5.74, 6) is 0. The van der Waals surface area contributed by atoms with Crippen LogP contribution in [0.25, 0.3) is 10.9 Å². The van der Waals surface area contributed by atoms with Crippen LogP contribution in [0.2, 0.25) is 5.02 Å². The van der Waals surface area contributed by atoms with Crippen molar-refractivity contribution in [1.82, 2.24) is 9.88 Å². The van der Waals surface area contributed by atoms with Crippen LogP contribution >= 0.6 is 11.6 Å². The van der Waals surface area contributed by atoms with Crippen molar-refractivity contribution in [3.05, 3.63) is 34.5 Å². The number of fused-ring (bicyclic) bond motifs is 2. The second-order valence-corrected chi connectivity index (χ2v) is 8.49. The topological polar surface area (TPSA) is 28.2 Å². The van der Waals surface area contributed by atoms with Crippen molar-refractivity contribution in [2.24, 2.45) is 0 Å². The Morgan fingerprint density at radius 1 is 1.00 bits per heavy atom. The van der Waals surface area contributed by atoms with Gasteiger partial charge in [-0.25, -0.2) is 0 Å². The number of benzene rings is 1. The zero-order chi connectivity index (χ0) is 19.8. The molecule has 0 saturated carbocycles. The zero-order valence-electron chi connectivity index (χ0n) is 17.7. The Hall–Kier alpha value is -1.32. The maximum Gasteiger partial charge on any atom is 0.0741 e. The van der Waals surface area contributed by atoms with E-state index in [0.29, 0.717) is 0 Å². The molecule has 4 heteroatoms. The Balaban J connectivity index is 1.69. The lowest BCUT2D eigenvalue weighted by Gasteiger charge is -2.24. The molecule has 3 rings (SSSR count). The van der Waals surface area contributed by atoms with Crippen LogP contribution in [0, 0.1) is 0 Å². The summed E-state index contributed by atoms with van der Waals surface area (Å²) in [6, 6.07) is 6.09. The average Bonchev–Trinajstić information content (AvgIpc) is 2.72. The first kappa shape index (κ1) is 21.4. The molecule has 0 bridgehead atoms. The van der Waals surface area contributed by atoms with Crippen molar-refractivity contribution in [3.8, 4) is 0 Å². The van der Waals surface area contributed by atoms with Crippen LogP contribution in [0.3, 0.4) is 0 Å². The Morgan fingerprint density at radius 2 is 1.71 bits per heavy atom. The highest BCUT2D eigenvalue weighted by atomic mass is 35.5. The van der Waals surface area contributed by atoms with E-state index in [2.05, 4.69) is 30.1 Å². The molecule has 0 radical (unpaired) electrons. The quantitative estimate of drug-likeness (QED) is 0.437. The van der Waals surface area contributed by atoms with Gasteiger partial charge in [-0.2, -0.15) is 0 Å². The number of aryl methyl sites for hydroxylation is 1. The Kier molecular flexibility index (Phi) is 8.42. The van der Waals surface area contributed by atoms with Gasteiger partial charge in [0.15, 0.2) is 0 Å². The molecular weight excluding hydrogens is 366 g/mol. The molecule has 2 aromatic rings. The van der Waals surface area contributed by atoms with Crippen LogP contribution in [0.5, 0.6) is 0 Å². The summed E-state index contributed by atoms with van der Waals surface area (Å²) < 4.78 is 0. The predicted octanol–water partition coefficient (Wildman–Crippen LogP) is 6.47. The molecule has 1 N–H and O–H groups in total. The molecule has 0 unspecified atom stereocenters. The third-order valence-electron chi connectivity index (χ3n) is 5.85. The second-order valence-electron chi connectivity index (χ2n) is 8.08. The third kappa shape index (κ3) is 5.39. The predicted molar refractivity (Wildman–Crippen MR) is 123 cm³/mol. The Morgan fingerprint density at radius 3 is 2.46 bits per heavy atom. The van der Waals surface area contributed by atoms with Gasteiger partial charge in [0.1, 0.15) is 0 Å². The fourth-order valence-electron chi connectivity index (χ4n) is 4.24. The van der Waals surface area contributed by atoms with E-state index in [1.54, 1.807) is 0 Å². The largest absolute Gasteiger partial charge is 0.384 e. The summed E-state index contributed by atoms with van der Waals surface area (Å²) in [6.07, 6.45) is 11.0. The van der Waals surface area contributed by atoms with Crippen molar-refractivity contribution in [2.75, 3.05) is 31.5 Å². The summed E-state index contributed by atoms with van der Waals surface area (Å²) in [4.78, 5) is 7.57. The monoisotopic (exact) mass is 401 g/mol. The summed E-state index contributed by atoms with van der Waals surface area (Å²) in [5.41, 5.74) is 4.96. The van der Waals surface area contributed by atoms with Crippen molar-refractivity contribution in [3.63, 3.8) is 0 Å². The number of unbranched alkanes of at least 4 members (excludes halogenated alkanes) is 2. The van der Waals surface area contributed by atoms with Gasteiger partial charge in [-0.1, -0.05) is 44.4 Å². The molecule has 154 valence electrons. The molecule has 0 atom stereocenters. The number of hydrogen-bond acceptors (Lipinski definition) is 3. The van der Waals surface area contributed by atoms with Crippen molar-refractivity contribution >= 4 is 28.2 Å². The molecule has 0 spiro atoms. The van der Waals surface area contributed by atoms with Crippen LogP contribution in [-0.4, -0.2) is 36.1 Å². The first-order valence-corrected chi connectivity index (χ1v) is 11.7. The lowest BCUT2D eigenvalue weighted by molar-refractivity contribution is 0.264. The molecule has 3 nitrogen and oxygen atoms in total. The molecule has 1 aromatic carbocycles. The number of hydrogen-bond donors (Lipinski definition) is 1. The molecule has 1 aliphatic rings. The molecular formula is C24H36ClN3. The van der Waals surface area contributed by atoms with Crippen molar-refractivity contribution in [1.29, 1.82) is 0 Å². The highest BCUT2D eigenvalue weighted by Gasteiger charge is 2.19. The second kappa shape index (κ2) is 11.0. The summed E-state index contributed by atoms with van der Waals surface area (Å²) in [6.45, 7) is 9.19. The standard InChI is InChI=1S/C24H36ClN3/c1-3-5-16-28(17-6-4-2)18-10-15-26-24-19-11-7-8-13-21(19)27-22-14-9-12-20(25)23(22)24/h9,12,14H,3-8,10-11,13,15-18H2,1-2H3,(H,26,27). The Bertz CT molecular complexity index is 751. The lowest BCUT2D eigenvalue weighted by Crippen LogP contribution is -2.28. The van der Waals surface area contributed by atoms with Crippen LogP contribution < -0.4 is 5.32 Å². The van der Waals surface area contributed by atoms with Crippen LogP contribution in [0.15, 0.2) is 18.2 Å². The van der Waals surface area contributed by atoms with E-state index in [4.69, 9.17) is 16.6 Å². The molecule has 0 aliphatic heterocycles. The first-order chi connectivity index (χ1) is 13.7. The third-order valence-corrected chi connectivity index (χ3v) is 6.16. The number of nitrogens with zero attached hydrogens (tertiary/aromatic N) is 2. The van der Waals surface area contributed by atoms with Crippen molar-refractivity contribution in [2.45, 2.75) is 71.6 Å². The van der Waals surface area contributed by atoms with E-state index in [1.807, 2.05) is 12.1 Å². The van der Waals surface area contributed by atoms with Crippen LogP contribution in [0.1, 0.15) is 70.1 Å². The number of halogens is 1. The van der Waals surface area contributed by atoms with E-state index in [-0.39, 0.29) is 0 Å². The maximum absolute atomic E-state index is 6.59. The summed E-state index contributed by atoms with van der Waals surface area (Å²) in [7, 11) is 0. The van der Waals surface area contributed by atoms with Gasteiger partial charge in [0.05, 0.1) is 16.2 Å². The van der Waals surface area contributed by atoms with Gasteiger partial charge in [-0.05, 0) is 82.3 Å². The number of nitrogens with one attached hydrogen (secondary N) is 1. The minimum atomic E-state index is 0.813. The minimum Gasteiger partial charge on any atom is -0.384 e. The van der Waals surface area contributed by atoms with Gasteiger partial charge in [0, 0.05) is 17.6 Å². The molecule has 0 amide bonds. The fraction of sp³-hybridized carbons (Fsp3) is 0.625. The summed E-state index contributed by atoms with van der Waals surface area (Å²) >= 11 is 6.59. The normalized spacial score (nSPS) is 13.9. The van der Waals surface area contributed by atoms with Gasteiger partial charge in [0.25, 0.3) is 0 Å². The molecule has 28 heavy (non-hydrogen) atoms. The van der Waals surface area contributed by atoms with Gasteiger partial charge >= 0.3 is 0 Å². The van der Waals surface area contributed by atoms with Gasteiger partial charge in [-0.15, -0.1) is 0 Å². The Labute approximate surface area is 175 Å². The first-order valence-electron chi connectivity index (χ1n) is 11.3. The molecule has 1 aliphatic carbocycles. The van der Waals surface area contributed by atoms with Crippen molar-refractivity contribution < 1.29 is 0 Å². The van der Waals surface area contributed by atoms with E-state index in [0.717, 1.165) is 41.7 Å². The fourth-order valence-corrected chi connectivity index (χ4v) is 4.51. The highest BCUT2D eigenvalue weighted by Crippen LogP contribution is 2.36.